The minimum absolute atomic E-state index is 0.404. The highest BCUT2D eigenvalue weighted by atomic mass is 16.5. The van der Waals surface area contributed by atoms with Crippen molar-refractivity contribution >= 4 is 11.4 Å². The molecule has 3 nitrogen and oxygen atoms in total. The molecule has 0 bridgehead atoms. The highest BCUT2D eigenvalue weighted by molar-refractivity contribution is 5.67. The summed E-state index contributed by atoms with van der Waals surface area (Å²) >= 11 is 0. The Morgan fingerprint density at radius 3 is 2.76 bits per heavy atom. The molecule has 1 aliphatic rings. The highest BCUT2D eigenvalue weighted by Crippen LogP contribution is 2.30. The first-order chi connectivity index (χ1) is 8.22. The summed E-state index contributed by atoms with van der Waals surface area (Å²) in [7, 11) is 3.94. The Bertz CT molecular complexity index is 367. The molecule has 1 aromatic rings. The minimum Gasteiger partial charge on any atom is -0.397 e. The maximum Gasteiger partial charge on any atom is 0.0599 e. The van der Waals surface area contributed by atoms with Crippen molar-refractivity contribution in [1.82, 2.24) is 0 Å². The minimum atomic E-state index is 0.404. The zero-order chi connectivity index (χ0) is 12.3. The lowest BCUT2D eigenvalue weighted by atomic mass is 9.91. The van der Waals surface area contributed by atoms with Gasteiger partial charge in [-0.2, -0.15) is 0 Å². The van der Waals surface area contributed by atoms with Crippen molar-refractivity contribution in [2.45, 2.75) is 37.8 Å². The largest absolute Gasteiger partial charge is 0.397 e. The van der Waals surface area contributed by atoms with E-state index in [1.165, 1.54) is 19.3 Å². The molecule has 0 amide bonds. The van der Waals surface area contributed by atoms with Gasteiger partial charge in [-0.25, -0.2) is 0 Å². The molecule has 2 atom stereocenters. The molecule has 1 saturated carbocycles. The Morgan fingerprint density at radius 2 is 2.06 bits per heavy atom. The van der Waals surface area contributed by atoms with Gasteiger partial charge in [-0.05, 0) is 37.8 Å². The fourth-order valence-corrected chi connectivity index (χ4v) is 2.69. The van der Waals surface area contributed by atoms with Gasteiger partial charge in [0.1, 0.15) is 0 Å². The molecule has 0 aromatic heterocycles. The first-order valence-corrected chi connectivity index (χ1v) is 6.32. The zero-order valence-electron chi connectivity index (χ0n) is 10.7. The number of para-hydroxylation sites is 2. The SMILES string of the molecule is COC1CCCC(N(C)c2ccccc2N)C1. The van der Waals surface area contributed by atoms with E-state index in [1.54, 1.807) is 0 Å². The smallest absolute Gasteiger partial charge is 0.0599 e. The summed E-state index contributed by atoms with van der Waals surface area (Å²) in [6.45, 7) is 0. The Hall–Kier alpha value is -1.22. The molecule has 94 valence electrons. The third kappa shape index (κ3) is 2.72. The predicted octanol–water partition coefficient (Wildman–Crippen LogP) is 2.66. The summed E-state index contributed by atoms with van der Waals surface area (Å²) in [6.07, 6.45) is 5.15. The Labute approximate surface area is 104 Å². The number of anilines is 2. The van der Waals surface area contributed by atoms with Crippen LogP contribution < -0.4 is 10.6 Å². The standard InChI is InChI=1S/C14H22N2O/c1-16(14-9-4-3-8-13(14)15)11-6-5-7-12(10-11)17-2/h3-4,8-9,11-12H,5-7,10,15H2,1-2H3. The number of ether oxygens (including phenoxy) is 1. The fraction of sp³-hybridized carbons (Fsp3) is 0.571. The number of benzene rings is 1. The molecule has 2 rings (SSSR count). The van der Waals surface area contributed by atoms with Crippen LogP contribution in [-0.4, -0.2) is 26.3 Å². The van der Waals surface area contributed by atoms with Crippen molar-refractivity contribution in [3.05, 3.63) is 24.3 Å². The van der Waals surface area contributed by atoms with E-state index in [2.05, 4.69) is 18.0 Å². The fourth-order valence-electron chi connectivity index (χ4n) is 2.69. The van der Waals surface area contributed by atoms with Crippen molar-refractivity contribution in [2.75, 3.05) is 24.8 Å². The van der Waals surface area contributed by atoms with Gasteiger partial charge in [-0.3, -0.25) is 0 Å². The second-order valence-corrected chi connectivity index (χ2v) is 4.85. The molecule has 0 spiro atoms. The lowest BCUT2D eigenvalue weighted by Crippen LogP contribution is -2.38. The van der Waals surface area contributed by atoms with E-state index in [4.69, 9.17) is 10.5 Å². The number of methoxy groups -OCH3 is 1. The molecular formula is C14H22N2O. The van der Waals surface area contributed by atoms with Crippen molar-refractivity contribution in [1.29, 1.82) is 0 Å². The van der Waals surface area contributed by atoms with E-state index in [9.17, 15) is 0 Å². The van der Waals surface area contributed by atoms with Gasteiger partial charge in [-0.15, -0.1) is 0 Å². The molecule has 0 saturated heterocycles. The van der Waals surface area contributed by atoms with Crippen LogP contribution in [-0.2, 0) is 4.74 Å². The number of hydrogen-bond donors (Lipinski definition) is 1. The van der Waals surface area contributed by atoms with E-state index in [0.29, 0.717) is 12.1 Å². The Kier molecular flexibility index (Phi) is 3.89. The van der Waals surface area contributed by atoms with E-state index >= 15 is 0 Å². The van der Waals surface area contributed by atoms with Gasteiger partial charge >= 0.3 is 0 Å². The van der Waals surface area contributed by atoms with Gasteiger partial charge in [0.05, 0.1) is 17.5 Å². The Morgan fingerprint density at radius 1 is 1.29 bits per heavy atom. The maximum atomic E-state index is 6.02. The van der Waals surface area contributed by atoms with Crippen LogP contribution in [0.4, 0.5) is 11.4 Å². The molecule has 1 fully saturated rings. The number of rotatable bonds is 3. The van der Waals surface area contributed by atoms with Crippen LogP contribution in [0.1, 0.15) is 25.7 Å². The zero-order valence-corrected chi connectivity index (χ0v) is 10.7. The van der Waals surface area contributed by atoms with Crippen LogP contribution in [0.2, 0.25) is 0 Å². The topological polar surface area (TPSA) is 38.5 Å². The van der Waals surface area contributed by atoms with Gasteiger partial charge in [0.25, 0.3) is 0 Å². The molecule has 2 unspecified atom stereocenters. The monoisotopic (exact) mass is 234 g/mol. The third-order valence-corrected chi connectivity index (χ3v) is 3.80. The molecule has 1 aliphatic carbocycles. The summed E-state index contributed by atoms with van der Waals surface area (Å²) in [6, 6.07) is 8.61. The predicted molar refractivity (Wildman–Crippen MR) is 72.3 cm³/mol. The van der Waals surface area contributed by atoms with Crippen molar-refractivity contribution < 1.29 is 4.74 Å². The summed E-state index contributed by atoms with van der Waals surface area (Å²) in [5, 5.41) is 0. The normalized spacial score (nSPS) is 24.6. The molecule has 0 radical (unpaired) electrons. The molecule has 1 aromatic carbocycles. The van der Waals surface area contributed by atoms with Gasteiger partial charge in [0, 0.05) is 20.2 Å². The summed E-state index contributed by atoms with van der Waals surface area (Å²) in [4.78, 5) is 2.31. The lowest BCUT2D eigenvalue weighted by molar-refractivity contribution is 0.0637. The lowest BCUT2D eigenvalue weighted by Gasteiger charge is -2.36. The van der Waals surface area contributed by atoms with Gasteiger partial charge in [-0.1, -0.05) is 12.1 Å². The van der Waals surface area contributed by atoms with Crippen LogP contribution in [0.5, 0.6) is 0 Å². The van der Waals surface area contributed by atoms with Crippen LogP contribution in [0.15, 0.2) is 24.3 Å². The van der Waals surface area contributed by atoms with Crippen LogP contribution >= 0.6 is 0 Å². The van der Waals surface area contributed by atoms with Gasteiger partial charge in [0.2, 0.25) is 0 Å². The molecule has 3 heteroatoms. The molecule has 2 N–H and O–H groups in total. The van der Waals surface area contributed by atoms with E-state index in [0.717, 1.165) is 17.8 Å². The van der Waals surface area contributed by atoms with Gasteiger partial charge < -0.3 is 15.4 Å². The number of nitrogens with zero attached hydrogens (tertiary/aromatic N) is 1. The summed E-state index contributed by atoms with van der Waals surface area (Å²) in [5.41, 5.74) is 8.01. The summed E-state index contributed by atoms with van der Waals surface area (Å²) in [5.74, 6) is 0. The molecule has 0 heterocycles. The van der Waals surface area contributed by atoms with Gasteiger partial charge in [0.15, 0.2) is 0 Å². The summed E-state index contributed by atoms with van der Waals surface area (Å²) < 4.78 is 5.48. The molecule has 17 heavy (non-hydrogen) atoms. The van der Waals surface area contributed by atoms with Crippen molar-refractivity contribution in [3.8, 4) is 0 Å². The molecule has 0 aliphatic heterocycles. The Balaban J connectivity index is 2.09. The van der Waals surface area contributed by atoms with Crippen molar-refractivity contribution in [2.24, 2.45) is 0 Å². The number of hydrogen-bond acceptors (Lipinski definition) is 3. The second kappa shape index (κ2) is 5.41. The number of nitrogen functional groups attached to an aromatic ring is 1. The van der Waals surface area contributed by atoms with Crippen molar-refractivity contribution in [3.63, 3.8) is 0 Å². The highest BCUT2D eigenvalue weighted by Gasteiger charge is 2.25. The van der Waals surface area contributed by atoms with E-state index < -0.39 is 0 Å². The first-order valence-electron chi connectivity index (χ1n) is 6.32. The van der Waals surface area contributed by atoms with Crippen LogP contribution in [0.3, 0.4) is 0 Å². The number of nitrogens with two attached hydrogens (primary N) is 1. The van der Waals surface area contributed by atoms with E-state index in [1.807, 2.05) is 25.3 Å². The average molecular weight is 234 g/mol. The first kappa shape index (κ1) is 12.2. The van der Waals surface area contributed by atoms with E-state index in [-0.39, 0.29) is 0 Å². The quantitative estimate of drug-likeness (QED) is 0.817. The average Bonchev–Trinajstić information content (AvgIpc) is 2.38. The third-order valence-electron chi connectivity index (χ3n) is 3.80. The van der Waals surface area contributed by atoms with Crippen LogP contribution in [0.25, 0.3) is 0 Å². The van der Waals surface area contributed by atoms with Crippen LogP contribution in [0, 0.1) is 0 Å². The second-order valence-electron chi connectivity index (χ2n) is 4.85. The molecular weight excluding hydrogens is 212 g/mol. The maximum absolute atomic E-state index is 6.02.